The average Bonchev–Trinajstić information content (AvgIpc) is 3.36. The first-order valence-electron chi connectivity index (χ1n) is 10.6. The molecule has 1 atom stereocenters. The summed E-state index contributed by atoms with van der Waals surface area (Å²) in [5.41, 5.74) is 2.66. The molecule has 1 aliphatic carbocycles. The standard InChI is InChI=1S/C23H27N5OS/c1-15-24-13-21(30-15)16-4-5-18(20(29)12-16)19-6-7-22(27-26-19)28-11-8-17(14-28)25-23(2)9-3-10-23/h4-7,12-13,17,25,29H,3,8-11,14H2,1-2H3. The minimum atomic E-state index is 0.208. The lowest BCUT2D eigenvalue weighted by Crippen LogP contribution is -2.53. The smallest absolute Gasteiger partial charge is 0.151 e. The Bertz CT molecular complexity index is 1040. The van der Waals surface area contributed by atoms with Crippen LogP contribution in [0.5, 0.6) is 5.75 Å². The third kappa shape index (κ3) is 3.79. The summed E-state index contributed by atoms with van der Waals surface area (Å²) in [5.74, 6) is 1.11. The second-order valence-corrected chi connectivity index (χ2v) is 9.98. The molecular formula is C23H27N5OS. The number of benzene rings is 1. The van der Waals surface area contributed by atoms with Gasteiger partial charge >= 0.3 is 0 Å². The molecule has 7 heteroatoms. The van der Waals surface area contributed by atoms with Crippen LogP contribution in [0, 0.1) is 6.92 Å². The molecule has 2 aliphatic rings. The van der Waals surface area contributed by atoms with Crippen molar-refractivity contribution >= 4 is 17.2 Å². The molecule has 5 rings (SSSR count). The van der Waals surface area contributed by atoms with E-state index in [9.17, 15) is 5.11 Å². The lowest BCUT2D eigenvalue weighted by Gasteiger charge is -2.41. The van der Waals surface area contributed by atoms with Crippen LogP contribution >= 0.6 is 11.3 Å². The van der Waals surface area contributed by atoms with E-state index in [-0.39, 0.29) is 5.75 Å². The van der Waals surface area contributed by atoms with Gasteiger partial charge in [-0.1, -0.05) is 6.07 Å². The van der Waals surface area contributed by atoms with Crippen LogP contribution in [-0.2, 0) is 0 Å². The Labute approximate surface area is 181 Å². The third-order valence-electron chi connectivity index (χ3n) is 6.35. The highest BCUT2D eigenvalue weighted by molar-refractivity contribution is 7.15. The Balaban J connectivity index is 1.28. The monoisotopic (exact) mass is 421 g/mol. The van der Waals surface area contributed by atoms with Crippen LogP contribution in [0.1, 0.15) is 37.6 Å². The SMILES string of the molecule is Cc1ncc(-c2ccc(-c3ccc(N4CCC(NC5(C)CCC5)C4)nn3)c(O)c2)s1. The van der Waals surface area contributed by atoms with Gasteiger partial charge in [-0.3, -0.25) is 0 Å². The van der Waals surface area contributed by atoms with Gasteiger partial charge in [-0.15, -0.1) is 21.5 Å². The minimum Gasteiger partial charge on any atom is -0.507 e. The molecule has 1 aromatic carbocycles. The van der Waals surface area contributed by atoms with Crippen molar-refractivity contribution in [2.45, 2.75) is 51.1 Å². The number of rotatable bonds is 5. The number of hydrogen-bond acceptors (Lipinski definition) is 7. The second-order valence-electron chi connectivity index (χ2n) is 8.74. The number of phenolic OH excluding ortho intramolecular Hbond substituents is 1. The van der Waals surface area contributed by atoms with Gasteiger partial charge in [0.2, 0.25) is 0 Å². The summed E-state index contributed by atoms with van der Waals surface area (Å²) < 4.78 is 0. The first-order valence-corrected chi connectivity index (χ1v) is 11.4. The zero-order chi connectivity index (χ0) is 20.7. The number of thiazole rings is 1. The molecule has 3 aromatic rings. The van der Waals surface area contributed by atoms with Gasteiger partial charge < -0.3 is 15.3 Å². The van der Waals surface area contributed by atoms with Gasteiger partial charge in [0, 0.05) is 36.4 Å². The summed E-state index contributed by atoms with van der Waals surface area (Å²) in [5, 5.41) is 24.3. The van der Waals surface area contributed by atoms with Crippen LogP contribution < -0.4 is 10.2 Å². The summed E-state index contributed by atoms with van der Waals surface area (Å²) >= 11 is 1.61. The van der Waals surface area contributed by atoms with E-state index in [0.29, 0.717) is 22.8 Å². The first-order chi connectivity index (χ1) is 14.5. The van der Waals surface area contributed by atoms with Crippen molar-refractivity contribution in [1.29, 1.82) is 0 Å². The Hall–Kier alpha value is -2.51. The summed E-state index contributed by atoms with van der Waals surface area (Å²) in [6.45, 7) is 6.28. The number of nitrogens with zero attached hydrogens (tertiary/aromatic N) is 4. The van der Waals surface area contributed by atoms with E-state index >= 15 is 0 Å². The fourth-order valence-electron chi connectivity index (χ4n) is 4.46. The quantitative estimate of drug-likeness (QED) is 0.636. The maximum Gasteiger partial charge on any atom is 0.151 e. The zero-order valence-electron chi connectivity index (χ0n) is 17.4. The van der Waals surface area contributed by atoms with Crippen LogP contribution in [0.25, 0.3) is 21.7 Å². The molecule has 0 radical (unpaired) electrons. The minimum absolute atomic E-state index is 0.208. The van der Waals surface area contributed by atoms with E-state index in [0.717, 1.165) is 40.8 Å². The number of nitrogens with one attached hydrogen (secondary N) is 1. The maximum absolute atomic E-state index is 10.6. The molecule has 2 aromatic heterocycles. The van der Waals surface area contributed by atoms with Crippen LogP contribution in [0.2, 0.25) is 0 Å². The normalized spacial score (nSPS) is 20.3. The number of aromatic nitrogens is 3. The van der Waals surface area contributed by atoms with E-state index in [1.807, 2.05) is 37.4 Å². The van der Waals surface area contributed by atoms with Crippen molar-refractivity contribution in [3.63, 3.8) is 0 Å². The van der Waals surface area contributed by atoms with Crippen molar-refractivity contribution in [2.75, 3.05) is 18.0 Å². The molecule has 1 aliphatic heterocycles. The van der Waals surface area contributed by atoms with Gasteiger partial charge in [0.25, 0.3) is 0 Å². The molecule has 1 saturated heterocycles. The maximum atomic E-state index is 10.6. The molecule has 0 bridgehead atoms. The molecule has 0 amide bonds. The molecule has 1 saturated carbocycles. The van der Waals surface area contributed by atoms with Crippen molar-refractivity contribution in [3.8, 4) is 27.4 Å². The molecule has 3 heterocycles. The molecule has 1 unspecified atom stereocenters. The predicted octanol–water partition coefficient (Wildman–Crippen LogP) is 4.39. The topological polar surface area (TPSA) is 74.2 Å². The Morgan fingerprint density at radius 2 is 2.07 bits per heavy atom. The van der Waals surface area contributed by atoms with Crippen molar-refractivity contribution in [1.82, 2.24) is 20.5 Å². The van der Waals surface area contributed by atoms with Crippen molar-refractivity contribution < 1.29 is 5.11 Å². The van der Waals surface area contributed by atoms with E-state index in [2.05, 4.69) is 32.3 Å². The van der Waals surface area contributed by atoms with Gasteiger partial charge in [-0.05, 0) is 69.4 Å². The Morgan fingerprint density at radius 1 is 1.20 bits per heavy atom. The third-order valence-corrected chi connectivity index (χ3v) is 7.31. The molecule has 2 N–H and O–H groups in total. The highest BCUT2D eigenvalue weighted by atomic mass is 32.1. The number of aromatic hydroxyl groups is 1. The van der Waals surface area contributed by atoms with Gasteiger partial charge in [-0.25, -0.2) is 4.98 Å². The predicted molar refractivity (Wildman–Crippen MR) is 121 cm³/mol. The van der Waals surface area contributed by atoms with Gasteiger partial charge in [0.05, 0.1) is 15.6 Å². The summed E-state index contributed by atoms with van der Waals surface area (Å²) in [7, 11) is 0. The highest BCUT2D eigenvalue weighted by Crippen LogP contribution is 2.35. The zero-order valence-corrected chi connectivity index (χ0v) is 18.2. The highest BCUT2D eigenvalue weighted by Gasteiger charge is 2.35. The lowest BCUT2D eigenvalue weighted by molar-refractivity contribution is 0.189. The number of aryl methyl sites for hydroxylation is 1. The van der Waals surface area contributed by atoms with Gasteiger partial charge in [0.1, 0.15) is 5.75 Å². The number of anilines is 1. The van der Waals surface area contributed by atoms with Crippen LogP contribution in [-0.4, -0.2) is 45.0 Å². The van der Waals surface area contributed by atoms with E-state index in [1.54, 1.807) is 17.4 Å². The molecular weight excluding hydrogens is 394 g/mol. The fraction of sp³-hybridized carbons (Fsp3) is 0.435. The molecule has 156 valence electrons. The largest absolute Gasteiger partial charge is 0.507 e. The van der Waals surface area contributed by atoms with Gasteiger partial charge in [0.15, 0.2) is 5.82 Å². The first kappa shape index (κ1) is 19.5. The Kier molecular flexibility index (Phi) is 4.95. The van der Waals surface area contributed by atoms with Crippen LogP contribution in [0.4, 0.5) is 5.82 Å². The number of phenols is 1. The second kappa shape index (κ2) is 7.63. The molecule has 6 nitrogen and oxygen atoms in total. The van der Waals surface area contributed by atoms with Crippen molar-refractivity contribution in [3.05, 3.63) is 41.5 Å². The molecule has 0 spiro atoms. The van der Waals surface area contributed by atoms with Crippen LogP contribution in [0.3, 0.4) is 0 Å². The molecule has 2 fully saturated rings. The lowest BCUT2D eigenvalue weighted by atomic mass is 9.78. The average molecular weight is 422 g/mol. The summed E-state index contributed by atoms with van der Waals surface area (Å²) in [4.78, 5) is 7.63. The fourth-order valence-corrected chi connectivity index (χ4v) is 5.24. The summed E-state index contributed by atoms with van der Waals surface area (Å²) in [6, 6.07) is 10.1. The van der Waals surface area contributed by atoms with Crippen molar-refractivity contribution in [2.24, 2.45) is 0 Å². The number of hydrogen-bond donors (Lipinski definition) is 2. The van der Waals surface area contributed by atoms with Crippen LogP contribution in [0.15, 0.2) is 36.5 Å². The van der Waals surface area contributed by atoms with E-state index in [1.165, 1.54) is 19.3 Å². The summed E-state index contributed by atoms with van der Waals surface area (Å²) in [6.07, 6.45) is 6.88. The van der Waals surface area contributed by atoms with Gasteiger partial charge in [-0.2, -0.15) is 0 Å². The van der Waals surface area contributed by atoms with E-state index in [4.69, 9.17) is 0 Å². The Morgan fingerprint density at radius 3 is 2.70 bits per heavy atom. The van der Waals surface area contributed by atoms with E-state index < -0.39 is 0 Å². The molecule has 30 heavy (non-hydrogen) atoms.